The molecule has 0 spiro atoms. The number of allylic oxidation sites excluding steroid dienone is 3. The van der Waals surface area contributed by atoms with Crippen LogP contribution in [0.2, 0.25) is 0 Å². The summed E-state index contributed by atoms with van der Waals surface area (Å²) in [7, 11) is 0. The van der Waals surface area contributed by atoms with Crippen molar-refractivity contribution in [2.24, 2.45) is 4.99 Å². The Morgan fingerprint density at radius 1 is 1.31 bits per heavy atom. The van der Waals surface area contributed by atoms with E-state index in [2.05, 4.69) is 23.6 Å². The van der Waals surface area contributed by atoms with Gasteiger partial charge in [0.05, 0.1) is 11.4 Å². The molecule has 3 nitrogen and oxygen atoms in total. The third-order valence-electron chi connectivity index (χ3n) is 1.86. The fraction of sp³-hybridized carbons (Fsp3) is 0. The minimum absolute atomic E-state index is 0.695. The third kappa shape index (κ3) is 3.84. The highest BCUT2D eigenvalue weighted by molar-refractivity contribution is 5.68. The number of nitrogens with one attached hydrogen (secondary N) is 1. The highest BCUT2D eigenvalue weighted by Crippen LogP contribution is 2.18. The lowest BCUT2D eigenvalue weighted by Crippen LogP contribution is -1.98. The third-order valence-corrected chi connectivity index (χ3v) is 1.86. The number of nitrogens with two attached hydrogens (primary N) is 1. The molecule has 0 bridgehead atoms. The summed E-state index contributed by atoms with van der Waals surface area (Å²) in [6, 6.07) is 7.53. The lowest BCUT2D eigenvalue weighted by molar-refractivity contribution is 1.49. The molecule has 0 saturated heterocycles. The van der Waals surface area contributed by atoms with Crippen LogP contribution in [0.5, 0.6) is 0 Å². The molecule has 0 saturated carbocycles. The molecule has 0 aliphatic carbocycles. The van der Waals surface area contributed by atoms with E-state index < -0.39 is 0 Å². The molecule has 0 fully saturated rings. The van der Waals surface area contributed by atoms with Crippen LogP contribution in [0.4, 0.5) is 11.4 Å². The Labute approximate surface area is 95.7 Å². The Morgan fingerprint density at radius 2 is 2.06 bits per heavy atom. The van der Waals surface area contributed by atoms with Crippen LogP contribution >= 0.6 is 0 Å². The van der Waals surface area contributed by atoms with Gasteiger partial charge in [0.1, 0.15) is 0 Å². The zero-order valence-electron chi connectivity index (χ0n) is 9.06. The number of aliphatic imine (C=N–C) groups is 1. The van der Waals surface area contributed by atoms with Crippen LogP contribution in [0.25, 0.3) is 0 Å². The number of anilines is 2. The molecule has 0 aliphatic rings. The van der Waals surface area contributed by atoms with E-state index in [1.807, 2.05) is 36.4 Å². The normalized spacial score (nSPS) is 10.8. The number of hydrogen-bond donors (Lipinski definition) is 2. The second kappa shape index (κ2) is 6.24. The van der Waals surface area contributed by atoms with Gasteiger partial charge >= 0.3 is 0 Å². The summed E-state index contributed by atoms with van der Waals surface area (Å²) in [6.07, 6.45) is 7.02. The van der Waals surface area contributed by atoms with Crippen LogP contribution in [0.3, 0.4) is 0 Å². The van der Waals surface area contributed by atoms with E-state index in [1.54, 1.807) is 12.3 Å². The van der Waals surface area contributed by atoms with Crippen LogP contribution < -0.4 is 11.1 Å². The lowest BCUT2D eigenvalue weighted by atomic mass is 10.2. The molecule has 0 heterocycles. The van der Waals surface area contributed by atoms with Crippen molar-refractivity contribution < 1.29 is 0 Å². The van der Waals surface area contributed by atoms with E-state index in [0.29, 0.717) is 5.69 Å². The molecule has 0 atom stereocenters. The minimum atomic E-state index is 0.695. The fourth-order valence-corrected chi connectivity index (χ4v) is 1.11. The van der Waals surface area contributed by atoms with Crippen molar-refractivity contribution in [1.82, 2.24) is 0 Å². The van der Waals surface area contributed by atoms with Gasteiger partial charge < -0.3 is 11.1 Å². The Bertz CT molecular complexity index is 431. The number of rotatable bonds is 5. The average molecular weight is 213 g/mol. The highest BCUT2D eigenvalue weighted by atomic mass is 14.9. The van der Waals surface area contributed by atoms with Crippen LogP contribution in [0.15, 0.2) is 66.0 Å². The molecule has 16 heavy (non-hydrogen) atoms. The van der Waals surface area contributed by atoms with E-state index in [9.17, 15) is 0 Å². The molecule has 0 aromatic heterocycles. The molecular formula is C13H15N3. The number of nitrogen functional groups attached to an aromatic ring is 1. The van der Waals surface area contributed by atoms with E-state index in [4.69, 9.17) is 5.73 Å². The van der Waals surface area contributed by atoms with Gasteiger partial charge in [-0.15, -0.1) is 0 Å². The Morgan fingerprint density at radius 3 is 2.75 bits per heavy atom. The maximum Gasteiger partial charge on any atom is 0.0617 e. The Kier molecular flexibility index (Phi) is 4.60. The summed E-state index contributed by atoms with van der Waals surface area (Å²) in [5, 5.41) is 3.10. The zero-order chi connectivity index (χ0) is 11.8. The predicted octanol–water partition coefficient (Wildman–Crippen LogP) is 2.96. The molecule has 82 valence electrons. The number of benzene rings is 1. The number of hydrogen-bond acceptors (Lipinski definition) is 3. The summed E-state index contributed by atoms with van der Waals surface area (Å²) < 4.78 is 0. The standard InChI is InChI=1S/C13H15N3/c1-11(7-5-6-10-15-2)16-13-9-4-3-8-12(13)14/h3-10,16H,1-2,14H2/b7-5-,10-6-. The van der Waals surface area contributed by atoms with Gasteiger partial charge in [0.15, 0.2) is 0 Å². The second-order valence-corrected chi connectivity index (χ2v) is 3.12. The Balaban J connectivity index is 2.58. The molecule has 3 N–H and O–H groups in total. The van der Waals surface area contributed by atoms with Gasteiger partial charge in [0.25, 0.3) is 0 Å². The maximum absolute atomic E-state index is 5.78. The highest BCUT2D eigenvalue weighted by Gasteiger charge is 1.95. The van der Waals surface area contributed by atoms with Crippen molar-refractivity contribution in [3.05, 3.63) is 61.0 Å². The quantitative estimate of drug-likeness (QED) is 0.449. The van der Waals surface area contributed by atoms with Gasteiger partial charge in [0, 0.05) is 11.9 Å². The van der Waals surface area contributed by atoms with Crippen molar-refractivity contribution >= 4 is 18.1 Å². The van der Waals surface area contributed by atoms with Crippen molar-refractivity contribution in [2.75, 3.05) is 11.1 Å². The van der Waals surface area contributed by atoms with Gasteiger partial charge in [-0.25, -0.2) is 0 Å². The van der Waals surface area contributed by atoms with Gasteiger partial charge in [-0.3, -0.25) is 4.99 Å². The van der Waals surface area contributed by atoms with E-state index in [1.165, 1.54) is 0 Å². The van der Waals surface area contributed by atoms with Gasteiger partial charge in [-0.1, -0.05) is 24.8 Å². The molecule has 1 aromatic rings. The van der Waals surface area contributed by atoms with Crippen molar-refractivity contribution in [1.29, 1.82) is 0 Å². The SMILES string of the molecule is C=N/C=C\C=C/C(=C)Nc1ccccc1N. The summed E-state index contributed by atoms with van der Waals surface area (Å²) in [6.45, 7) is 7.19. The van der Waals surface area contributed by atoms with Crippen molar-refractivity contribution in [3.8, 4) is 0 Å². The topological polar surface area (TPSA) is 50.4 Å². The largest absolute Gasteiger partial charge is 0.397 e. The maximum atomic E-state index is 5.78. The van der Waals surface area contributed by atoms with Crippen LogP contribution in [-0.2, 0) is 0 Å². The first-order valence-electron chi connectivity index (χ1n) is 4.83. The van der Waals surface area contributed by atoms with Gasteiger partial charge in [-0.05, 0) is 31.0 Å². The van der Waals surface area contributed by atoms with E-state index in [0.717, 1.165) is 11.4 Å². The fourth-order valence-electron chi connectivity index (χ4n) is 1.11. The van der Waals surface area contributed by atoms with Crippen molar-refractivity contribution in [3.63, 3.8) is 0 Å². The van der Waals surface area contributed by atoms with E-state index in [-0.39, 0.29) is 0 Å². The van der Waals surface area contributed by atoms with Crippen LogP contribution in [0.1, 0.15) is 0 Å². The summed E-state index contributed by atoms with van der Waals surface area (Å²) in [4.78, 5) is 3.58. The van der Waals surface area contributed by atoms with E-state index >= 15 is 0 Å². The molecule has 0 unspecified atom stereocenters. The van der Waals surface area contributed by atoms with Crippen LogP contribution in [0, 0.1) is 0 Å². The first kappa shape index (κ1) is 11.8. The number of para-hydroxylation sites is 2. The molecule has 3 heteroatoms. The molecule has 1 aromatic carbocycles. The predicted molar refractivity (Wildman–Crippen MR) is 71.4 cm³/mol. The smallest absolute Gasteiger partial charge is 0.0617 e. The number of nitrogens with zero attached hydrogens (tertiary/aromatic N) is 1. The average Bonchev–Trinajstić information content (AvgIpc) is 2.28. The Hall–Kier alpha value is -2.29. The molecule has 0 amide bonds. The van der Waals surface area contributed by atoms with Gasteiger partial charge in [0.2, 0.25) is 0 Å². The summed E-state index contributed by atoms with van der Waals surface area (Å²) in [5.41, 5.74) is 8.08. The monoisotopic (exact) mass is 213 g/mol. The van der Waals surface area contributed by atoms with Crippen molar-refractivity contribution in [2.45, 2.75) is 0 Å². The summed E-state index contributed by atoms with van der Waals surface area (Å²) in [5.74, 6) is 0. The van der Waals surface area contributed by atoms with Gasteiger partial charge in [-0.2, -0.15) is 0 Å². The molecule has 0 radical (unpaired) electrons. The van der Waals surface area contributed by atoms with Crippen LogP contribution in [-0.4, -0.2) is 6.72 Å². The second-order valence-electron chi connectivity index (χ2n) is 3.12. The minimum Gasteiger partial charge on any atom is -0.397 e. The first-order valence-corrected chi connectivity index (χ1v) is 4.83. The molecule has 0 aliphatic heterocycles. The zero-order valence-corrected chi connectivity index (χ0v) is 9.06. The molecule has 1 rings (SSSR count). The molecular weight excluding hydrogens is 198 g/mol. The lowest BCUT2D eigenvalue weighted by Gasteiger charge is -2.07. The summed E-state index contributed by atoms with van der Waals surface area (Å²) >= 11 is 0. The first-order chi connectivity index (χ1) is 7.74.